The highest BCUT2D eigenvalue weighted by molar-refractivity contribution is 5.89. The van der Waals surface area contributed by atoms with Gasteiger partial charge in [0.25, 0.3) is 0 Å². The molecule has 1 N–H and O–H groups in total. The maximum absolute atomic E-state index is 12.6. The summed E-state index contributed by atoms with van der Waals surface area (Å²) in [7, 11) is 2.08. The van der Waals surface area contributed by atoms with E-state index in [4.69, 9.17) is 0 Å². The summed E-state index contributed by atoms with van der Waals surface area (Å²) >= 11 is 0. The first-order valence-corrected chi connectivity index (χ1v) is 7.51. The monoisotopic (exact) mass is 274 g/mol. The zero-order valence-corrected chi connectivity index (χ0v) is 12.0. The van der Waals surface area contributed by atoms with Crippen molar-refractivity contribution in [2.24, 2.45) is 5.92 Å². The van der Waals surface area contributed by atoms with E-state index in [1.165, 1.54) is 0 Å². The number of piperidine rings is 1. The van der Waals surface area contributed by atoms with E-state index in [2.05, 4.69) is 16.9 Å². The Labute approximate surface area is 119 Å². The quantitative estimate of drug-likeness (QED) is 0.789. The zero-order valence-electron chi connectivity index (χ0n) is 12.0. The van der Waals surface area contributed by atoms with Gasteiger partial charge < -0.3 is 10.0 Å². The zero-order chi connectivity index (χ0) is 14.2. The molecule has 1 unspecified atom stereocenters. The molecular formula is C16H22N2O2. The van der Waals surface area contributed by atoms with Crippen LogP contribution in [0.4, 0.5) is 0 Å². The van der Waals surface area contributed by atoms with Crippen LogP contribution < -0.4 is 0 Å². The highest BCUT2D eigenvalue weighted by atomic mass is 16.3. The summed E-state index contributed by atoms with van der Waals surface area (Å²) in [5, 5.41) is 11.3. The van der Waals surface area contributed by atoms with Crippen LogP contribution in [0, 0.1) is 5.92 Å². The van der Waals surface area contributed by atoms with Crippen LogP contribution >= 0.6 is 0 Å². The third-order valence-corrected chi connectivity index (χ3v) is 4.84. The summed E-state index contributed by atoms with van der Waals surface area (Å²) in [6, 6.07) is 3.89. The Morgan fingerprint density at radius 3 is 2.85 bits per heavy atom. The summed E-state index contributed by atoms with van der Waals surface area (Å²) in [6.07, 6.45) is 5.51. The maximum atomic E-state index is 12.6. The number of nitrogens with zero attached hydrogens (tertiary/aromatic N) is 2. The highest BCUT2D eigenvalue weighted by Crippen LogP contribution is 2.40. The minimum Gasteiger partial charge on any atom is -0.375 e. The molecule has 20 heavy (non-hydrogen) atoms. The Balaban J connectivity index is 2.02. The second-order valence-electron chi connectivity index (χ2n) is 6.13. The number of rotatable bonds is 1. The van der Waals surface area contributed by atoms with Gasteiger partial charge in [0, 0.05) is 18.5 Å². The van der Waals surface area contributed by atoms with Gasteiger partial charge in [-0.15, -0.1) is 0 Å². The number of aromatic nitrogens is 1. The van der Waals surface area contributed by atoms with Crippen LogP contribution in [0.15, 0.2) is 18.3 Å². The molecule has 4 heteroatoms. The molecule has 1 aromatic rings. The number of fused-ring (bicyclic) bond motifs is 1. The molecule has 2 heterocycles. The van der Waals surface area contributed by atoms with E-state index in [1.807, 2.05) is 12.1 Å². The lowest BCUT2D eigenvalue weighted by Gasteiger charge is -2.39. The van der Waals surface area contributed by atoms with Gasteiger partial charge in [-0.2, -0.15) is 0 Å². The number of hydrogen-bond acceptors (Lipinski definition) is 4. The van der Waals surface area contributed by atoms with E-state index in [-0.39, 0.29) is 11.7 Å². The van der Waals surface area contributed by atoms with Crippen molar-refractivity contribution in [2.75, 3.05) is 20.1 Å². The van der Waals surface area contributed by atoms with Crippen molar-refractivity contribution >= 4 is 5.78 Å². The van der Waals surface area contributed by atoms with E-state index in [0.29, 0.717) is 12.1 Å². The van der Waals surface area contributed by atoms with Crippen molar-refractivity contribution in [2.45, 2.75) is 37.7 Å². The van der Waals surface area contributed by atoms with Crippen LogP contribution in [-0.4, -0.2) is 40.9 Å². The highest BCUT2D eigenvalue weighted by Gasteiger charge is 2.48. The second-order valence-corrected chi connectivity index (χ2v) is 6.13. The molecule has 1 aliphatic carbocycles. The average Bonchev–Trinajstić information content (AvgIpc) is 2.59. The summed E-state index contributed by atoms with van der Waals surface area (Å²) in [6.45, 7) is 1.87. The van der Waals surface area contributed by atoms with Gasteiger partial charge in [-0.1, -0.05) is 6.07 Å². The number of pyridine rings is 1. The number of carbonyl (C=O) groups is 1. The summed E-state index contributed by atoms with van der Waals surface area (Å²) in [5.74, 6) is -0.0394. The molecular weight excluding hydrogens is 252 g/mol. The number of aryl methyl sites for hydroxylation is 1. The van der Waals surface area contributed by atoms with Gasteiger partial charge in [0.2, 0.25) is 0 Å². The molecule has 1 aromatic heterocycles. The minimum absolute atomic E-state index is 0.00190. The van der Waals surface area contributed by atoms with E-state index in [1.54, 1.807) is 6.20 Å². The van der Waals surface area contributed by atoms with Gasteiger partial charge in [-0.25, -0.2) is 0 Å². The standard InChI is InChI=1S/C16H22N2O2/c1-18-10-7-13(8-11-18)16(20)14(19)6-2-4-12-5-3-9-17-15(12)16/h3,5,9,13,20H,2,4,6-8,10-11H2,1H3. The van der Waals surface area contributed by atoms with Crippen LogP contribution in [0.5, 0.6) is 0 Å². The van der Waals surface area contributed by atoms with Crippen molar-refractivity contribution in [3.63, 3.8) is 0 Å². The Kier molecular flexibility index (Phi) is 3.61. The Bertz CT molecular complexity index is 509. The topological polar surface area (TPSA) is 53.4 Å². The molecule has 0 aromatic carbocycles. The average molecular weight is 274 g/mol. The van der Waals surface area contributed by atoms with Gasteiger partial charge in [0.15, 0.2) is 11.4 Å². The summed E-state index contributed by atoms with van der Waals surface area (Å²) in [5.41, 5.74) is 0.297. The van der Waals surface area contributed by atoms with Crippen LogP contribution in [0.1, 0.15) is 36.9 Å². The number of likely N-dealkylation sites (tertiary alicyclic amines) is 1. The van der Waals surface area contributed by atoms with Gasteiger partial charge in [0.1, 0.15) is 0 Å². The molecule has 4 nitrogen and oxygen atoms in total. The number of carbonyl (C=O) groups excluding carboxylic acids is 1. The molecule has 1 saturated heterocycles. The molecule has 108 valence electrons. The van der Waals surface area contributed by atoms with Crippen LogP contribution in [-0.2, 0) is 16.8 Å². The minimum atomic E-state index is -1.37. The van der Waals surface area contributed by atoms with Crippen LogP contribution in [0.2, 0.25) is 0 Å². The van der Waals surface area contributed by atoms with Crippen LogP contribution in [0.25, 0.3) is 0 Å². The normalized spacial score (nSPS) is 29.0. The van der Waals surface area contributed by atoms with E-state index in [0.717, 1.165) is 44.3 Å². The van der Waals surface area contributed by atoms with Crippen molar-refractivity contribution < 1.29 is 9.90 Å². The van der Waals surface area contributed by atoms with Crippen molar-refractivity contribution in [1.82, 2.24) is 9.88 Å². The molecule has 1 atom stereocenters. The molecule has 0 bridgehead atoms. The molecule has 0 spiro atoms. The predicted molar refractivity (Wildman–Crippen MR) is 76.3 cm³/mol. The largest absolute Gasteiger partial charge is 0.375 e. The van der Waals surface area contributed by atoms with E-state index >= 15 is 0 Å². The van der Waals surface area contributed by atoms with Gasteiger partial charge in [-0.3, -0.25) is 9.78 Å². The first kappa shape index (κ1) is 13.7. The Hall–Kier alpha value is -1.26. The second kappa shape index (κ2) is 5.26. The third-order valence-electron chi connectivity index (χ3n) is 4.84. The summed E-state index contributed by atoms with van der Waals surface area (Å²) in [4.78, 5) is 19.2. The lowest BCUT2D eigenvalue weighted by Crippen LogP contribution is -2.48. The predicted octanol–water partition coefficient (Wildman–Crippen LogP) is 1.52. The lowest BCUT2D eigenvalue weighted by molar-refractivity contribution is -0.147. The van der Waals surface area contributed by atoms with Gasteiger partial charge in [0.05, 0.1) is 5.69 Å². The molecule has 0 radical (unpaired) electrons. The fourth-order valence-corrected chi connectivity index (χ4v) is 3.59. The molecule has 3 rings (SSSR count). The first-order chi connectivity index (χ1) is 9.62. The first-order valence-electron chi connectivity index (χ1n) is 7.51. The van der Waals surface area contributed by atoms with Crippen molar-refractivity contribution in [3.05, 3.63) is 29.6 Å². The van der Waals surface area contributed by atoms with Crippen molar-refractivity contribution in [3.8, 4) is 0 Å². The lowest BCUT2D eigenvalue weighted by atomic mass is 9.74. The smallest absolute Gasteiger partial charge is 0.170 e. The molecule has 1 fully saturated rings. The number of aliphatic hydroxyl groups is 1. The molecule has 0 saturated carbocycles. The van der Waals surface area contributed by atoms with Gasteiger partial charge >= 0.3 is 0 Å². The maximum Gasteiger partial charge on any atom is 0.170 e. The number of hydrogen-bond donors (Lipinski definition) is 1. The molecule has 1 aliphatic heterocycles. The number of Topliss-reactive ketones (excluding diaryl/α,β-unsaturated/α-hetero) is 1. The third kappa shape index (κ3) is 2.17. The fraction of sp³-hybridized carbons (Fsp3) is 0.625. The van der Waals surface area contributed by atoms with E-state index in [9.17, 15) is 9.90 Å². The fourth-order valence-electron chi connectivity index (χ4n) is 3.59. The number of ketones is 1. The Morgan fingerprint density at radius 2 is 2.10 bits per heavy atom. The Morgan fingerprint density at radius 1 is 1.35 bits per heavy atom. The van der Waals surface area contributed by atoms with Gasteiger partial charge in [-0.05, 0) is 57.5 Å². The SMILES string of the molecule is CN1CCC(C2(O)C(=O)CCCc3cccnc32)CC1. The molecule has 0 amide bonds. The summed E-state index contributed by atoms with van der Waals surface area (Å²) < 4.78 is 0. The molecule has 2 aliphatic rings. The van der Waals surface area contributed by atoms with Crippen molar-refractivity contribution in [1.29, 1.82) is 0 Å². The van der Waals surface area contributed by atoms with Crippen LogP contribution in [0.3, 0.4) is 0 Å². The van der Waals surface area contributed by atoms with E-state index < -0.39 is 5.60 Å².